The molecule has 1 heterocycles. The highest BCUT2D eigenvalue weighted by Crippen LogP contribution is 2.06. The van der Waals surface area contributed by atoms with E-state index < -0.39 is 0 Å². The molecule has 0 aromatic carbocycles. The highest BCUT2D eigenvalue weighted by atomic mass is 16.2. The van der Waals surface area contributed by atoms with Gasteiger partial charge in [-0.05, 0) is 19.8 Å². The van der Waals surface area contributed by atoms with E-state index in [4.69, 9.17) is 10.8 Å². The molecular formula is C8H15N3O. The van der Waals surface area contributed by atoms with E-state index in [2.05, 4.69) is 5.10 Å². The summed E-state index contributed by atoms with van der Waals surface area (Å²) in [5.74, 6) is 0.596. The third kappa shape index (κ3) is 2.23. The van der Waals surface area contributed by atoms with Gasteiger partial charge in [0.25, 0.3) is 0 Å². The van der Waals surface area contributed by atoms with Crippen molar-refractivity contribution in [3.8, 4) is 0 Å². The predicted molar refractivity (Wildman–Crippen MR) is 47.7 cm³/mol. The van der Waals surface area contributed by atoms with Crippen LogP contribution in [-0.4, -0.2) is 21.5 Å². The van der Waals surface area contributed by atoms with Crippen LogP contribution in [0.25, 0.3) is 0 Å². The first-order valence-corrected chi connectivity index (χ1v) is 4.14. The summed E-state index contributed by atoms with van der Waals surface area (Å²) in [7, 11) is 0. The Morgan fingerprint density at radius 1 is 1.58 bits per heavy atom. The third-order valence-corrected chi connectivity index (χ3v) is 1.78. The third-order valence-electron chi connectivity index (χ3n) is 1.78. The molecule has 3 N–H and O–H groups in total. The fourth-order valence-corrected chi connectivity index (χ4v) is 1.04. The number of unbranched alkanes of at least 4 members (excludes halogenated alkanes) is 1. The minimum absolute atomic E-state index is 0.246. The molecule has 0 radical (unpaired) electrons. The number of aryl methyl sites for hydroxylation is 2. The highest BCUT2D eigenvalue weighted by molar-refractivity contribution is 5.35. The van der Waals surface area contributed by atoms with Gasteiger partial charge in [-0.1, -0.05) is 0 Å². The molecule has 0 saturated heterocycles. The van der Waals surface area contributed by atoms with Gasteiger partial charge in [-0.25, -0.2) is 0 Å². The molecular weight excluding hydrogens is 154 g/mol. The maximum atomic E-state index is 8.55. The SMILES string of the molecule is Cc1cn(CCCCO)nc1N. The van der Waals surface area contributed by atoms with E-state index in [-0.39, 0.29) is 6.61 Å². The molecule has 0 fully saturated rings. The number of nitrogen functional groups attached to an aromatic ring is 1. The van der Waals surface area contributed by atoms with Crippen LogP contribution in [0.2, 0.25) is 0 Å². The quantitative estimate of drug-likeness (QED) is 0.647. The smallest absolute Gasteiger partial charge is 0.148 e. The summed E-state index contributed by atoms with van der Waals surface area (Å²) in [6, 6.07) is 0. The topological polar surface area (TPSA) is 64.1 Å². The number of anilines is 1. The van der Waals surface area contributed by atoms with E-state index in [1.54, 1.807) is 0 Å². The number of hydrogen-bond acceptors (Lipinski definition) is 3. The maximum absolute atomic E-state index is 8.55. The molecule has 0 saturated carbocycles. The fourth-order valence-electron chi connectivity index (χ4n) is 1.04. The Morgan fingerprint density at radius 2 is 2.33 bits per heavy atom. The molecule has 0 bridgehead atoms. The van der Waals surface area contributed by atoms with Crippen molar-refractivity contribution >= 4 is 5.82 Å². The van der Waals surface area contributed by atoms with Gasteiger partial charge in [0.05, 0.1) is 0 Å². The zero-order valence-corrected chi connectivity index (χ0v) is 7.32. The lowest BCUT2D eigenvalue weighted by atomic mass is 10.3. The first-order valence-electron chi connectivity index (χ1n) is 4.14. The average Bonchev–Trinajstić information content (AvgIpc) is 2.32. The highest BCUT2D eigenvalue weighted by Gasteiger charge is 1.99. The lowest BCUT2D eigenvalue weighted by Gasteiger charge is -1.98. The maximum Gasteiger partial charge on any atom is 0.148 e. The first kappa shape index (κ1) is 9.06. The fraction of sp³-hybridized carbons (Fsp3) is 0.625. The van der Waals surface area contributed by atoms with Crippen molar-refractivity contribution in [1.82, 2.24) is 9.78 Å². The van der Waals surface area contributed by atoms with Crippen molar-refractivity contribution in [2.75, 3.05) is 12.3 Å². The average molecular weight is 169 g/mol. The number of nitrogens with zero attached hydrogens (tertiary/aromatic N) is 2. The standard InChI is InChI=1S/C8H15N3O/c1-7-6-11(10-8(7)9)4-2-3-5-12/h6,12H,2-5H2,1H3,(H2,9,10). The van der Waals surface area contributed by atoms with Crippen LogP contribution in [0, 0.1) is 6.92 Å². The van der Waals surface area contributed by atoms with Crippen LogP contribution in [0.1, 0.15) is 18.4 Å². The van der Waals surface area contributed by atoms with Crippen LogP contribution in [0.15, 0.2) is 6.20 Å². The summed E-state index contributed by atoms with van der Waals surface area (Å²) >= 11 is 0. The molecule has 4 nitrogen and oxygen atoms in total. The number of hydrogen-bond donors (Lipinski definition) is 2. The minimum Gasteiger partial charge on any atom is -0.396 e. The van der Waals surface area contributed by atoms with Crippen molar-refractivity contribution in [2.24, 2.45) is 0 Å². The second-order valence-electron chi connectivity index (χ2n) is 2.89. The van der Waals surface area contributed by atoms with Crippen LogP contribution in [0.4, 0.5) is 5.82 Å². The number of aliphatic hydroxyl groups is 1. The number of aliphatic hydroxyl groups excluding tert-OH is 1. The molecule has 0 spiro atoms. The van der Waals surface area contributed by atoms with Gasteiger partial charge in [0.2, 0.25) is 0 Å². The van der Waals surface area contributed by atoms with Gasteiger partial charge in [-0.3, -0.25) is 4.68 Å². The molecule has 68 valence electrons. The van der Waals surface area contributed by atoms with Gasteiger partial charge in [-0.2, -0.15) is 5.10 Å². The molecule has 0 unspecified atom stereocenters. The van der Waals surface area contributed by atoms with Gasteiger partial charge >= 0.3 is 0 Å². The molecule has 4 heteroatoms. The van der Waals surface area contributed by atoms with Gasteiger partial charge in [0.15, 0.2) is 0 Å². The summed E-state index contributed by atoms with van der Waals surface area (Å²) in [6.45, 7) is 3.01. The molecule has 0 aliphatic rings. The van der Waals surface area contributed by atoms with Crippen molar-refractivity contribution in [3.05, 3.63) is 11.8 Å². The zero-order chi connectivity index (χ0) is 8.97. The lowest BCUT2D eigenvalue weighted by Crippen LogP contribution is -2.00. The van der Waals surface area contributed by atoms with Gasteiger partial charge < -0.3 is 10.8 Å². The Labute approximate surface area is 72.0 Å². The van der Waals surface area contributed by atoms with Crippen molar-refractivity contribution in [3.63, 3.8) is 0 Å². The molecule has 0 aliphatic carbocycles. The van der Waals surface area contributed by atoms with E-state index in [0.717, 1.165) is 24.9 Å². The lowest BCUT2D eigenvalue weighted by molar-refractivity contribution is 0.280. The summed E-state index contributed by atoms with van der Waals surface area (Å²) in [6.07, 6.45) is 3.68. The van der Waals surface area contributed by atoms with Crippen molar-refractivity contribution in [2.45, 2.75) is 26.3 Å². The molecule has 0 atom stereocenters. The predicted octanol–water partition coefficient (Wildman–Crippen LogP) is 0.546. The number of nitrogens with two attached hydrogens (primary N) is 1. The second kappa shape index (κ2) is 4.11. The zero-order valence-electron chi connectivity index (χ0n) is 7.32. The van der Waals surface area contributed by atoms with Crippen LogP contribution in [0.3, 0.4) is 0 Å². The van der Waals surface area contributed by atoms with Crippen LogP contribution in [0.5, 0.6) is 0 Å². The van der Waals surface area contributed by atoms with Crippen molar-refractivity contribution < 1.29 is 5.11 Å². The molecule has 0 aliphatic heterocycles. The van der Waals surface area contributed by atoms with Crippen LogP contribution in [-0.2, 0) is 6.54 Å². The van der Waals surface area contributed by atoms with E-state index >= 15 is 0 Å². The van der Waals surface area contributed by atoms with Gasteiger partial charge in [0, 0.05) is 24.9 Å². The van der Waals surface area contributed by atoms with Crippen LogP contribution < -0.4 is 5.73 Å². The summed E-state index contributed by atoms with van der Waals surface area (Å²) in [5, 5.41) is 12.6. The van der Waals surface area contributed by atoms with E-state index in [9.17, 15) is 0 Å². The van der Waals surface area contributed by atoms with Crippen LogP contribution >= 0.6 is 0 Å². The summed E-state index contributed by atoms with van der Waals surface area (Å²) in [5.41, 5.74) is 6.58. The largest absolute Gasteiger partial charge is 0.396 e. The molecule has 1 rings (SSSR count). The van der Waals surface area contributed by atoms with E-state index in [1.807, 2.05) is 17.8 Å². The van der Waals surface area contributed by atoms with E-state index in [1.165, 1.54) is 0 Å². The van der Waals surface area contributed by atoms with Crippen molar-refractivity contribution in [1.29, 1.82) is 0 Å². The Kier molecular flexibility index (Phi) is 3.10. The van der Waals surface area contributed by atoms with E-state index in [0.29, 0.717) is 5.82 Å². The molecule has 1 aromatic heterocycles. The Morgan fingerprint density at radius 3 is 2.83 bits per heavy atom. The number of rotatable bonds is 4. The second-order valence-corrected chi connectivity index (χ2v) is 2.89. The first-order chi connectivity index (χ1) is 5.74. The summed E-state index contributed by atoms with van der Waals surface area (Å²) < 4.78 is 1.82. The number of aromatic nitrogens is 2. The molecule has 12 heavy (non-hydrogen) atoms. The van der Waals surface area contributed by atoms with Gasteiger partial charge in [0.1, 0.15) is 5.82 Å². The Balaban J connectivity index is 2.42. The summed E-state index contributed by atoms with van der Waals surface area (Å²) in [4.78, 5) is 0. The molecule has 0 amide bonds. The Hall–Kier alpha value is -1.03. The van der Waals surface area contributed by atoms with Gasteiger partial charge in [-0.15, -0.1) is 0 Å². The minimum atomic E-state index is 0.246. The Bertz CT molecular complexity index is 225. The monoisotopic (exact) mass is 169 g/mol. The normalized spacial score (nSPS) is 10.5. The molecule has 1 aromatic rings.